The Morgan fingerprint density at radius 1 is 1.38 bits per heavy atom. The Hall–Kier alpha value is -0.900. The van der Waals surface area contributed by atoms with Crippen LogP contribution in [0.4, 0.5) is 0 Å². The molecule has 2 rings (SSSR count). The highest BCUT2D eigenvalue weighted by Gasteiger charge is 2.23. The van der Waals surface area contributed by atoms with E-state index >= 15 is 0 Å². The summed E-state index contributed by atoms with van der Waals surface area (Å²) < 4.78 is 5.18. The largest absolute Gasteiger partial charge is 0.392 e. The number of rotatable bonds is 4. The summed E-state index contributed by atoms with van der Waals surface area (Å²) in [5.74, 6) is 2.11. The van der Waals surface area contributed by atoms with Crippen molar-refractivity contribution in [2.45, 2.75) is 58.0 Å². The lowest BCUT2D eigenvalue weighted by atomic mass is 10.0. The third-order valence-corrected chi connectivity index (χ3v) is 3.36. The van der Waals surface area contributed by atoms with Gasteiger partial charge in [-0.1, -0.05) is 31.8 Å². The molecule has 4 heteroatoms. The van der Waals surface area contributed by atoms with E-state index in [2.05, 4.69) is 10.1 Å². The van der Waals surface area contributed by atoms with Gasteiger partial charge in [0.15, 0.2) is 5.82 Å². The Labute approximate surface area is 96.1 Å². The fraction of sp³-hybridized carbons (Fsp3) is 0.833. The summed E-state index contributed by atoms with van der Waals surface area (Å²) in [6.45, 7) is 3.97. The number of aromatic nitrogens is 2. The monoisotopic (exact) mass is 224 g/mol. The topological polar surface area (TPSA) is 59.2 Å². The first-order chi connectivity index (χ1) is 7.66. The fourth-order valence-corrected chi connectivity index (χ4v) is 2.12. The molecule has 0 bridgehead atoms. The molecule has 0 radical (unpaired) electrons. The van der Waals surface area contributed by atoms with Crippen molar-refractivity contribution < 1.29 is 9.63 Å². The van der Waals surface area contributed by atoms with Crippen molar-refractivity contribution >= 4 is 0 Å². The molecule has 1 N–H and O–H groups in total. The van der Waals surface area contributed by atoms with Crippen LogP contribution in [0.2, 0.25) is 0 Å². The van der Waals surface area contributed by atoms with Crippen LogP contribution < -0.4 is 0 Å². The molecule has 0 amide bonds. The van der Waals surface area contributed by atoms with E-state index in [1.807, 2.05) is 13.8 Å². The molecule has 1 aromatic heterocycles. The van der Waals surface area contributed by atoms with E-state index in [4.69, 9.17) is 4.52 Å². The molecule has 1 atom stereocenters. The molecule has 1 fully saturated rings. The van der Waals surface area contributed by atoms with Crippen molar-refractivity contribution in [2.75, 3.05) is 0 Å². The third kappa shape index (κ3) is 2.61. The van der Waals surface area contributed by atoms with Gasteiger partial charge in [-0.2, -0.15) is 4.98 Å². The van der Waals surface area contributed by atoms with Gasteiger partial charge in [0, 0.05) is 5.92 Å². The van der Waals surface area contributed by atoms with Gasteiger partial charge in [-0.25, -0.2) is 0 Å². The maximum Gasteiger partial charge on any atom is 0.229 e. The average Bonchev–Trinajstić information content (AvgIpc) is 2.85. The predicted octanol–water partition coefficient (Wildman–Crippen LogP) is 2.29. The second kappa shape index (κ2) is 4.95. The van der Waals surface area contributed by atoms with Crippen LogP contribution in [0.5, 0.6) is 0 Å². The molecule has 1 aromatic rings. The smallest absolute Gasteiger partial charge is 0.229 e. The van der Waals surface area contributed by atoms with Gasteiger partial charge in [0.2, 0.25) is 5.89 Å². The molecule has 90 valence electrons. The summed E-state index contributed by atoms with van der Waals surface area (Å²) in [6.07, 6.45) is 4.96. The van der Waals surface area contributed by atoms with Gasteiger partial charge in [-0.3, -0.25) is 0 Å². The highest BCUT2D eigenvalue weighted by atomic mass is 16.5. The molecule has 1 heterocycles. The van der Waals surface area contributed by atoms with E-state index in [0.717, 1.165) is 5.82 Å². The molecule has 16 heavy (non-hydrogen) atoms. The maximum atomic E-state index is 9.73. The first-order valence-electron chi connectivity index (χ1n) is 6.17. The number of hydrogen-bond donors (Lipinski definition) is 1. The van der Waals surface area contributed by atoms with E-state index in [-0.39, 0.29) is 5.92 Å². The molecule has 0 spiro atoms. The lowest BCUT2D eigenvalue weighted by Crippen LogP contribution is -2.17. The zero-order valence-electron chi connectivity index (χ0n) is 10.0. The van der Waals surface area contributed by atoms with Crippen LogP contribution >= 0.6 is 0 Å². The quantitative estimate of drug-likeness (QED) is 0.852. The highest BCUT2D eigenvalue weighted by molar-refractivity contribution is 4.98. The van der Waals surface area contributed by atoms with Crippen LogP contribution in [0.3, 0.4) is 0 Å². The van der Waals surface area contributed by atoms with Gasteiger partial charge in [0.25, 0.3) is 0 Å². The molecular weight excluding hydrogens is 204 g/mol. The maximum absolute atomic E-state index is 9.73. The third-order valence-electron chi connectivity index (χ3n) is 3.36. The zero-order valence-corrected chi connectivity index (χ0v) is 10.0. The van der Waals surface area contributed by atoms with Crippen molar-refractivity contribution in [1.29, 1.82) is 0 Å². The summed E-state index contributed by atoms with van der Waals surface area (Å²) in [7, 11) is 0. The number of aliphatic hydroxyl groups excluding tert-OH is 1. The summed E-state index contributed by atoms with van der Waals surface area (Å²) in [6, 6.07) is 0. The summed E-state index contributed by atoms with van der Waals surface area (Å²) in [5.41, 5.74) is 0. The van der Waals surface area contributed by atoms with Crippen molar-refractivity contribution in [3.05, 3.63) is 11.7 Å². The van der Waals surface area contributed by atoms with Gasteiger partial charge in [-0.05, 0) is 18.8 Å². The summed E-state index contributed by atoms with van der Waals surface area (Å²) in [5, 5.41) is 13.7. The Bertz CT molecular complexity index is 330. The Morgan fingerprint density at radius 3 is 2.69 bits per heavy atom. The van der Waals surface area contributed by atoms with Crippen LogP contribution in [-0.4, -0.2) is 21.4 Å². The lowest BCUT2D eigenvalue weighted by Gasteiger charge is -2.10. The Balaban J connectivity index is 1.96. The average molecular weight is 224 g/mol. The lowest BCUT2D eigenvalue weighted by molar-refractivity contribution is 0.116. The number of hydrogen-bond acceptors (Lipinski definition) is 4. The van der Waals surface area contributed by atoms with Crippen LogP contribution in [0.25, 0.3) is 0 Å². The van der Waals surface area contributed by atoms with Gasteiger partial charge in [0.05, 0.1) is 12.5 Å². The fourth-order valence-electron chi connectivity index (χ4n) is 2.12. The van der Waals surface area contributed by atoms with Crippen LogP contribution in [0.15, 0.2) is 4.52 Å². The van der Waals surface area contributed by atoms with E-state index < -0.39 is 6.10 Å². The minimum Gasteiger partial charge on any atom is -0.392 e. The van der Waals surface area contributed by atoms with E-state index in [9.17, 15) is 5.11 Å². The molecule has 1 aliphatic carbocycles. The zero-order chi connectivity index (χ0) is 11.5. The molecule has 0 aromatic carbocycles. The normalized spacial score (nSPS) is 19.5. The molecular formula is C12H20N2O2. The molecule has 1 aliphatic rings. The van der Waals surface area contributed by atoms with Gasteiger partial charge >= 0.3 is 0 Å². The van der Waals surface area contributed by atoms with Crippen molar-refractivity contribution in [3.63, 3.8) is 0 Å². The van der Waals surface area contributed by atoms with Gasteiger partial charge < -0.3 is 9.63 Å². The van der Waals surface area contributed by atoms with Gasteiger partial charge in [0.1, 0.15) is 0 Å². The second-order valence-corrected chi connectivity index (χ2v) is 5.04. The van der Waals surface area contributed by atoms with Crippen LogP contribution in [0, 0.1) is 5.92 Å². The van der Waals surface area contributed by atoms with E-state index in [1.54, 1.807) is 0 Å². The molecule has 4 nitrogen and oxygen atoms in total. The van der Waals surface area contributed by atoms with E-state index in [1.165, 1.54) is 25.7 Å². The Kier molecular flexibility index (Phi) is 3.59. The highest BCUT2D eigenvalue weighted by Crippen LogP contribution is 2.32. The SMILES string of the molecule is CC(C)C(O)Cc1nc(C2CCCC2)no1. The summed E-state index contributed by atoms with van der Waals surface area (Å²) >= 11 is 0. The van der Waals surface area contributed by atoms with Crippen LogP contribution in [0.1, 0.15) is 57.2 Å². The molecule has 0 aliphatic heterocycles. The predicted molar refractivity (Wildman–Crippen MR) is 60.1 cm³/mol. The van der Waals surface area contributed by atoms with E-state index in [0.29, 0.717) is 18.2 Å². The first-order valence-corrected chi connectivity index (χ1v) is 6.17. The molecule has 0 saturated heterocycles. The first kappa shape index (κ1) is 11.6. The van der Waals surface area contributed by atoms with Gasteiger partial charge in [-0.15, -0.1) is 0 Å². The van der Waals surface area contributed by atoms with Crippen LogP contribution in [-0.2, 0) is 6.42 Å². The summed E-state index contributed by atoms with van der Waals surface area (Å²) in [4.78, 5) is 4.38. The van der Waals surface area contributed by atoms with Crippen molar-refractivity contribution in [3.8, 4) is 0 Å². The number of nitrogens with zero attached hydrogens (tertiary/aromatic N) is 2. The standard InChI is InChI=1S/C12H20N2O2/c1-8(2)10(15)7-11-13-12(14-16-11)9-5-3-4-6-9/h8-10,15H,3-7H2,1-2H3. The second-order valence-electron chi connectivity index (χ2n) is 5.04. The number of aliphatic hydroxyl groups is 1. The van der Waals surface area contributed by atoms with Crippen molar-refractivity contribution in [2.24, 2.45) is 5.92 Å². The molecule has 1 saturated carbocycles. The molecule has 1 unspecified atom stereocenters. The minimum atomic E-state index is -0.392. The minimum absolute atomic E-state index is 0.224. The van der Waals surface area contributed by atoms with Crippen molar-refractivity contribution in [1.82, 2.24) is 10.1 Å². The Morgan fingerprint density at radius 2 is 2.06 bits per heavy atom.